The lowest BCUT2D eigenvalue weighted by Crippen LogP contribution is -2.40. The summed E-state index contributed by atoms with van der Waals surface area (Å²) < 4.78 is 53.0. The zero-order valence-corrected chi connectivity index (χ0v) is 25.3. The van der Waals surface area contributed by atoms with Gasteiger partial charge in [0, 0.05) is 35.8 Å². The van der Waals surface area contributed by atoms with Crippen LogP contribution in [0.15, 0.2) is 36.4 Å². The molecule has 0 bridgehead atoms. The number of aromatic amines is 1. The summed E-state index contributed by atoms with van der Waals surface area (Å²) in [7, 11) is -5.61. The summed E-state index contributed by atoms with van der Waals surface area (Å²) in [5.74, 6) is 0.217. The molecule has 1 heterocycles. The van der Waals surface area contributed by atoms with Crippen molar-refractivity contribution in [2.24, 2.45) is 0 Å². The number of anilines is 1. The normalized spacial score (nSPS) is 14.8. The second-order valence-corrected chi connectivity index (χ2v) is 17.0. The molecule has 1 atom stereocenters. The maximum Gasteiger partial charge on any atom is 0.229 e. The summed E-state index contributed by atoms with van der Waals surface area (Å²) in [6.45, 7) is 8.09. The van der Waals surface area contributed by atoms with Crippen LogP contribution in [0.3, 0.4) is 0 Å². The Hall–Kier alpha value is -2.40. The fraction of sp³-hybridized carbons (Fsp3) is 0.517. The molecule has 10 heteroatoms. The van der Waals surface area contributed by atoms with Gasteiger partial charge >= 0.3 is 0 Å². The van der Waals surface area contributed by atoms with Crippen molar-refractivity contribution in [3.63, 3.8) is 0 Å². The predicted molar refractivity (Wildman–Crippen MR) is 159 cm³/mol. The maximum absolute atomic E-state index is 14.4. The van der Waals surface area contributed by atoms with Crippen molar-refractivity contribution in [3.05, 3.63) is 59.0 Å². The number of benzene rings is 2. The highest BCUT2D eigenvalue weighted by atomic mass is 32.2. The van der Waals surface area contributed by atoms with Gasteiger partial charge in [-0.2, -0.15) is 0 Å². The van der Waals surface area contributed by atoms with E-state index in [1.54, 1.807) is 12.1 Å². The van der Waals surface area contributed by atoms with Gasteiger partial charge in [0.05, 0.1) is 18.0 Å². The SMILES string of the molecule is CC[Si](CC)(CC)O[C@@H](CNCCOc1ccc2c3c([nH]c2c1)CCCC3)c1ccc(F)c(NS(C)(=O)=O)c1. The van der Waals surface area contributed by atoms with Crippen molar-refractivity contribution >= 4 is 34.9 Å². The number of H-pyrrole nitrogens is 1. The number of rotatable bonds is 14. The molecule has 7 nitrogen and oxygen atoms in total. The van der Waals surface area contributed by atoms with E-state index in [0.717, 1.165) is 54.1 Å². The molecule has 1 aliphatic carbocycles. The smallest absolute Gasteiger partial charge is 0.229 e. The molecule has 214 valence electrons. The molecule has 0 saturated heterocycles. The van der Waals surface area contributed by atoms with Crippen molar-refractivity contribution in [2.45, 2.75) is 70.7 Å². The van der Waals surface area contributed by atoms with Crippen LogP contribution in [0.4, 0.5) is 10.1 Å². The van der Waals surface area contributed by atoms with E-state index in [4.69, 9.17) is 9.16 Å². The molecule has 0 fully saturated rings. The minimum absolute atomic E-state index is 0.0647. The lowest BCUT2D eigenvalue weighted by molar-refractivity contribution is 0.183. The minimum Gasteiger partial charge on any atom is -0.492 e. The molecule has 0 unspecified atom stereocenters. The Morgan fingerprint density at radius 2 is 1.79 bits per heavy atom. The molecule has 0 spiro atoms. The molecule has 2 aromatic carbocycles. The summed E-state index contributed by atoms with van der Waals surface area (Å²) in [5, 5.41) is 4.74. The van der Waals surface area contributed by atoms with E-state index in [9.17, 15) is 12.8 Å². The number of aryl methyl sites for hydroxylation is 2. The van der Waals surface area contributed by atoms with Crippen LogP contribution in [0.2, 0.25) is 18.1 Å². The third-order valence-corrected chi connectivity index (χ3v) is 13.2. The van der Waals surface area contributed by atoms with Crippen molar-refractivity contribution in [2.75, 3.05) is 30.7 Å². The van der Waals surface area contributed by atoms with Crippen LogP contribution < -0.4 is 14.8 Å². The maximum atomic E-state index is 14.4. The molecule has 0 radical (unpaired) electrons. The summed E-state index contributed by atoms with van der Waals surface area (Å²) in [6.07, 6.45) is 5.43. The van der Waals surface area contributed by atoms with Gasteiger partial charge in [-0.1, -0.05) is 26.8 Å². The summed E-state index contributed by atoms with van der Waals surface area (Å²) in [6, 6.07) is 13.7. The molecule has 0 saturated carbocycles. The van der Waals surface area contributed by atoms with Crippen LogP contribution in [0, 0.1) is 5.82 Å². The van der Waals surface area contributed by atoms with E-state index >= 15 is 0 Å². The first-order valence-electron chi connectivity index (χ1n) is 14.1. The highest BCUT2D eigenvalue weighted by Gasteiger charge is 2.32. The number of hydrogen-bond acceptors (Lipinski definition) is 5. The second-order valence-electron chi connectivity index (χ2n) is 10.5. The average Bonchev–Trinajstić information content (AvgIpc) is 3.29. The molecular formula is C29H42FN3O4SSi. The summed E-state index contributed by atoms with van der Waals surface area (Å²) in [4.78, 5) is 3.57. The molecule has 3 N–H and O–H groups in total. The highest BCUT2D eigenvalue weighted by molar-refractivity contribution is 7.92. The van der Waals surface area contributed by atoms with E-state index in [2.05, 4.69) is 47.9 Å². The third-order valence-electron chi connectivity index (χ3n) is 7.93. The first-order valence-corrected chi connectivity index (χ1v) is 18.5. The molecule has 4 rings (SSSR count). The molecule has 3 aromatic rings. The fourth-order valence-corrected chi connectivity index (χ4v) is 8.89. The Morgan fingerprint density at radius 3 is 2.51 bits per heavy atom. The number of aromatic nitrogens is 1. The average molecular weight is 576 g/mol. The van der Waals surface area contributed by atoms with Crippen LogP contribution >= 0.6 is 0 Å². The molecule has 1 aliphatic rings. The van der Waals surface area contributed by atoms with Gasteiger partial charge in [-0.15, -0.1) is 0 Å². The van der Waals surface area contributed by atoms with Crippen molar-refractivity contribution in [1.82, 2.24) is 10.3 Å². The van der Waals surface area contributed by atoms with Gasteiger partial charge in [-0.25, -0.2) is 12.8 Å². The largest absolute Gasteiger partial charge is 0.492 e. The number of sulfonamides is 1. The van der Waals surface area contributed by atoms with Crippen LogP contribution in [0.25, 0.3) is 10.9 Å². The Morgan fingerprint density at radius 1 is 1.05 bits per heavy atom. The number of halogens is 1. The first kappa shape index (κ1) is 29.6. The number of ether oxygens (including phenoxy) is 1. The molecule has 39 heavy (non-hydrogen) atoms. The lowest BCUT2D eigenvalue weighted by Gasteiger charge is -2.34. The number of nitrogens with one attached hydrogen (secondary N) is 3. The first-order chi connectivity index (χ1) is 18.7. The highest BCUT2D eigenvalue weighted by Crippen LogP contribution is 2.32. The van der Waals surface area contributed by atoms with E-state index < -0.39 is 24.2 Å². The van der Waals surface area contributed by atoms with Gasteiger partial charge in [-0.3, -0.25) is 4.72 Å². The third kappa shape index (κ3) is 7.42. The number of fused-ring (bicyclic) bond motifs is 3. The topological polar surface area (TPSA) is 92.4 Å². The summed E-state index contributed by atoms with van der Waals surface area (Å²) >= 11 is 0. The number of hydrogen-bond donors (Lipinski definition) is 3. The Kier molecular flexibility index (Phi) is 9.74. The van der Waals surface area contributed by atoms with Gasteiger partial charge < -0.3 is 19.5 Å². The van der Waals surface area contributed by atoms with Gasteiger partial charge in [0.1, 0.15) is 18.2 Å². The lowest BCUT2D eigenvalue weighted by atomic mass is 9.96. The van der Waals surface area contributed by atoms with E-state index in [1.165, 1.54) is 35.6 Å². The Bertz CT molecular complexity index is 1370. The van der Waals surface area contributed by atoms with Crippen LogP contribution in [0.5, 0.6) is 5.75 Å². The van der Waals surface area contributed by atoms with Gasteiger partial charge in [0.15, 0.2) is 8.32 Å². The van der Waals surface area contributed by atoms with Crippen LogP contribution in [-0.2, 0) is 27.3 Å². The second kappa shape index (κ2) is 12.8. The Labute approximate surface area is 233 Å². The van der Waals surface area contributed by atoms with Gasteiger partial charge in [0.2, 0.25) is 10.0 Å². The fourth-order valence-electron chi connectivity index (χ4n) is 5.51. The molecule has 1 aromatic heterocycles. The van der Waals surface area contributed by atoms with E-state index in [0.29, 0.717) is 19.7 Å². The minimum atomic E-state index is -3.61. The summed E-state index contributed by atoms with van der Waals surface area (Å²) in [5.41, 5.74) is 4.63. The van der Waals surface area contributed by atoms with E-state index in [-0.39, 0.29) is 11.8 Å². The van der Waals surface area contributed by atoms with Crippen molar-refractivity contribution in [3.8, 4) is 5.75 Å². The van der Waals surface area contributed by atoms with Crippen LogP contribution in [-0.4, -0.2) is 47.7 Å². The van der Waals surface area contributed by atoms with Crippen molar-refractivity contribution in [1.29, 1.82) is 0 Å². The van der Waals surface area contributed by atoms with Crippen molar-refractivity contribution < 1.29 is 22.0 Å². The van der Waals surface area contributed by atoms with Gasteiger partial charge in [0.25, 0.3) is 0 Å². The Balaban J connectivity index is 1.41. The quantitative estimate of drug-likeness (QED) is 0.155. The monoisotopic (exact) mass is 575 g/mol. The molecule has 0 aliphatic heterocycles. The molecule has 0 amide bonds. The zero-order chi connectivity index (χ0) is 28.0. The molecular weight excluding hydrogens is 533 g/mol. The van der Waals surface area contributed by atoms with Gasteiger partial charge in [-0.05, 0) is 79.2 Å². The van der Waals surface area contributed by atoms with E-state index in [1.807, 2.05) is 6.07 Å². The predicted octanol–water partition coefficient (Wildman–Crippen LogP) is 6.29. The zero-order valence-electron chi connectivity index (χ0n) is 23.5. The standard InChI is InChI=1S/C29H42FN3O4SSi/c1-5-39(6-2,7-3)37-29(21-12-15-25(30)28(18-21)33-38(4,34)35)20-31-16-17-36-22-13-14-24-23-10-8-9-11-26(23)32-27(24)19-22/h12-15,18-19,29,31-33H,5-11,16-17,20H2,1-4H3/t29-/m0/s1. The van der Waals surface area contributed by atoms with Crippen LogP contribution in [0.1, 0.15) is 56.5 Å².